The Balaban J connectivity index is 1.51. The van der Waals surface area contributed by atoms with E-state index < -0.39 is 0 Å². The Labute approximate surface area is 201 Å². The fraction of sp³-hybridized carbons (Fsp3) is 0.423. The normalized spacial score (nSPS) is 13.4. The van der Waals surface area contributed by atoms with Gasteiger partial charge in [0, 0.05) is 56.1 Å². The second-order valence-corrected chi connectivity index (χ2v) is 8.27. The van der Waals surface area contributed by atoms with Gasteiger partial charge in [0.05, 0.1) is 13.7 Å². The number of hydrogen-bond donors (Lipinski definition) is 1. The smallest absolute Gasteiger partial charge is 0.253 e. The van der Waals surface area contributed by atoms with Gasteiger partial charge in [-0.1, -0.05) is 13.8 Å². The van der Waals surface area contributed by atoms with Crippen LogP contribution in [0.4, 0.5) is 11.4 Å². The van der Waals surface area contributed by atoms with Gasteiger partial charge in [0.15, 0.2) is 0 Å². The van der Waals surface area contributed by atoms with Crippen LogP contribution in [0.15, 0.2) is 48.5 Å². The summed E-state index contributed by atoms with van der Waals surface area (Å²) in [5.41, 5.74) is 2.40. The standard InChI is InChI=1S/C26H34N4O4/c1-4-14-30(25(32)5-2)19-24(31)27-21-8-10-22(11-9-21)28-15-17-29(18-16-28)26(33)20-6-12-23(34-3)13-7-20/h6-13H,4-5,14-19H2,1-3H3,(H,27,31). The maximum atomic E-state index is 12.8. The molecule has 8 heteroatoms. The van der Waals surface area contributed by atoms with Gasteiger partial charge in [-0.2, -0.15) is 0 Å². The van der Waals surface area contributed by atoms with Crippen LogP contribution < -0.4 is 15.0 Å². The first-order valence-corrected chi connectivity index (χ1v) is 11.8. The molecular formula is C26H34N4O4. The third kappa shape index (κ3) is 6.50. The predicted molar refractivity (Wildman–Crippen MR) is 133 cm³/mol. The lowest BCUT2D eigenvalue weighted by Crippen LogP contribution is -2.48. The number of anilines is 2. The van der Waals surface area contributed by atoms with E-state index in [0.717, 1.165) is 30.9 Å². The molecule has 182 valence electrons. The molecule has 0 radical (unpaired) electrons. The SMILES string of the molecule is CCCN(CC(=O)Nc1ccc(N2CCN(C(=O)c3ccc(OC)cc3)CC2)cc1)C(=O)CC. The summed E-state index contributed by atoms with van der Waals surface area (Å²) in [5.74, 6) is 0.540. The lowest BCUT2D eigenvalue weighted by molar-refractivity contribution is -0.134. The molecule has 3 amide bonds. The van der Waals surface area contributed by atoms with Crippen molar-refractivity contribution in [2.24, 2.45) is 0 Å². The Hall–Kier alpha value is -3.55. The molecule has 0 unspecified atom stereocenters. The van der Waals surface area contributed by atoms with Gasteiger partial charge in [-0.3, -0.25) is 14.4 Å². The van der Waals surface area contributed by atoms with Crippen LogP contribution in [-0.2, 0) is 9.59 Å². The van der Waals surface area contributed by atoms with Crippen LogP contribution in [0.25, 0.3) is 0 Å². The molecule has 2 aromatic rings. The third-order valence-electron chi connectivity index (χ3n) is 5.90. The van der Waals surface area contributed by atoms with Crippen molar-refractivity contribution in [3.8, 4) is 5.75 Å². The first kappa shape index (κ1) is 25.1. The molecule has 0 aliphatic carbocycles. The highest BCUT2D eigenvalue weighted by molar-refractivity contribution is 5.95. The second kappa shape index (κ2) is 12.1. The van der Waals surface area contributed by atoms with Gasteiger partial charge in [-0.25, -0.2) is 0 Å². The number of piperazine rings is 1. The van der Waals surface area contributed by atoms with Crippen LogP contribution in [0, 0.1) is 0 Å². The molecule has 0 spiro atoms. The summed E-state index contributed by atoms with van der Waals surface area (Å²) < 4.78 is 5.16. The van der Waals surface area contributed by atoms with Crippen molar-refractivity contribution in [2.75, 3.05) is 56.6 Å². The Kier molecular flexibility index (Phi) is 8.90. The molecule has 0 saturated carbocycles. The number of hydrogen-bond acceptors (Lipinski definition) is 5. The molecular weight excluding hydrogens is 432 g/mol. The van der Waals surface area contributed by atoms with E-state index in [1.54, 1.807) is 43.2 Å². The van der Waals surface area contributed by atoms with Gasteiger partial charge in [0.2, 0.25) is 11.8 Å². The predicted octanol–water partition coefficient (Wildman–Crippen LogP) is 3.24. The van der Waals surface area contributed by atoms with Gasteiger partial charge in [0.25, 0.3) is 5.91 Å². The number of rotatable bonds is 9. The van der Waals surface area contributed by atoms with Gasteiger partial charge in [0.1, 0.15) is 5.75 Å². The summed E-state index contributed by atoms with van der Waals surface area (Å²) in [6.45, 7) is 7.18. The molecule has 0 aromatic heterocycles. The van der Waals surface area contributed by atoms with Gasteiger partial charge < -0.3 is 24.8 Å². The summed E-state index contributed by atoms with van der Waals surface area (Å²) >= 11 is 0. The minimum Gasteiger partial charge on any atom is -0.497 e. The van der Waals surface area contributed by atoms with E-state index in [2.05, 4.69) is 10.2 Å². The van der Waals surface area contributed by atoms with Crippen molar-refractivity contribution in [3.05, 3.63) is 54.1 Å². The van der Waals surface area contributed by atoms with Crippen LogP contribution in [0.5, 0.6) is 5.75 Å². The number of carbonyl (C=O) groups is 3. The van der Waals surface area contributed by atoms with Crippen molar-refractivity contribution in [1.29, 1.82) is 0 Å². The van der Waals surface area contributed by atoms with Gasteiger partial charge >= 0.3 is 0 Å². The van der Waals surface area contributed by atoms with Crippen molar-refractivity contribution >= 4 is 29.1 Å². The van der Waals surface area contributed by atoms with E-state index in [1.807, 2.05) is 36.1 Å². The number of nitrogens with one attached hydrogen (secondary N) is 1. The maximum absolute atomic E-state index is 12.8. The largest absolute Gasteiger partial charge is 0.497 e. The molecule has 1 saturated heterocycles. The first-order valence-electron chi connectivity index (χ1n) is 11.8. The van der Waals surface area contributed by atoms with Crippen molar-refractivity contribution in [2.45, 2.75) is 26.7 Å². The Morgan fingerprint density at radius 2 is 1.59 bits per heavy atom. The molecule has 1 aliphatic heterocycles. The van der Waals surface area contributed by atoms with E-state index in [-0.39, 0.29) is 24.3 Å². The van der Waals surface area contributed by atoms with E-state index >= 15 is 0 Å². The molecule has 1 aliphatic rings. The van der Waals surface area contributed by atoms with Gasteiger partial charge in [-0.15, -0.1) is 0 Å². The molecule has 0 atom stereocenters. The zero-order valence-corrected chi connectivity index (χ0v) is 20.3. The van der Waals surface area contributed by atoms with Crippen molar-refractivity contribution in [3.63, 3.8) is 0 Å². The maximum Gasteiger partial charge on any atom is 0.253 e. The molecule has 34 heavy (non-hydrogen) atoms. The summed E-state index contributed by atoms with van der Waals surface area (Å²) in [7, 11) is 1.60. The average molecular weight is 467 g/mol. The molecule has 8 nitrogen and oxygen atoms in total. The number of ether oxygens (including phenoxy) is 1. The van der Waals surface area contributed by atoms with Crippen LogP contribution >= 0.6 is 0 Å². The monoisotopic (exact) mass is 466 g/mol. The quantitative estimate of drug-likeness (QED) is 0.614. The zero-order valence-electron chi connectivity index (χ0n) is 20.3. The van der Waals surface area contributed by atoms with Crippen LogP contribution in [0.1, 0.15) is 37.0 Å². The topological polar surface area (TPSA) is 82.2 Å². The minimum atomic E-state index is -0.200. The van der Waals surface area contributed by atoms with E-state index in [9.17, 15) is 14.4 Å². The number of methoxy groups -OCH3 is 1. The van der Waals surface area contributed by atoms with Crippen molar-refractivity contribution < 1.29 is 19.1 Å². The Bertz CT molecular complexity index is 967. The molecule has 1 N–H and O–H groups in total. The number of nitrogens with zero attached hydrogens (tertiary/aromatic N) is 3. The van der Waals surface area contributed by atoms with Crippen molar-refractivity contribution in [1.82, 2.24) is 9.80 Å². The van der Waals surface area contributed by atoms with E-state index in [4.69, 9.17) is 4.74 Å². The lowest BCUT2D eigenvalue weighted by atomic mass is 10.1. The summed E-state index contributed by atoms with van der Waals surface area (Å²) in [4.78, 5) is 42.9. The number of amides is 3. The fourth-order valence-electron chi connectivity index (χ4n) is 4.00. The first-order chi connectivity index (χ1) is 16.4. The highest BCUT2D eigenvalue weighted by atomic mass is 16.5. The van der Waals surface area contributed by atoms with E-state index in [0.29, 0.717) is 37.3 Å². The molecule has 1 heterocycles. The minimum absolute atomic E-state index is 0.0167. The highest BCUT2D eigenvalue weighted by Crippen LogP contribution is 2.21. The Morgan fingerprint density at radius 3 is 2.15 bits per heavy atom. The summed E-state index contributed by atoms with van der Waals surface area (Å²) in [5, 5.41) is 2.88. The molecule has 1 fully saturated rings. The number of carbonyl (C=O) groups excluding carboxylic acids is 3. The lowest BCUT2D eigenvalue weighted by Gasteiger charge is -2.36. The summed E-state index contributed by atoms with van der Waals surface area (Å²) in [6.07, 6.45) is 1.20. The fourth-order valence-corrected chi connectivity index (χ4v) is 4.00. The van der Waals surface area contributed by atoms with E-state index in [1.165, 1.54) is 0 Å². The van der Waals surface area contributed by atoms with Gasteiger partial charge in [-0.05, 0) is 55.0 Å². The Morgan fingerprint density at radius 1 is 0.941 bits per heavy atom. The van der Waals surface area contributed by atoms with Crippen LogP contribution in [0.3, 0.4) is 0 Å². The third-order valence-corrected chi connectivity index (χ3v) is 5.90. The summed E-state index contributed by atoms with van der Waals surface area (Å²) in [6, 6.07) is 14.9. The highest BCUT2D eigenvalue weighted by Gasteiger charge is 2.22. The van der Waals surface area contributed by atoms with Crippen LogP contribution in [0.2, 0.25) is 0 Å². The second-order valence-electron chi connectivity index (χ2n) is 8.27. The zero-order chi connectivity index (χ0) is 24.5. The van der Waals surface area contributed by atoms with Crippen LogP contribution in [-0.4, -0.2) is 73.9 Å². The molecule has 0 bridgehead atoms. The average Bonchev–Trinajstić information content (AvgIpc) is 2.88. The molecule has 2 aromatic carbocycles. The number of benzene rings is 2. The molecule has 3 rings (SSSR count).